The fourth-order valence-electron chi connectivity index (χ4n) is 6.07. The van der Waals surface area contributed by atoms with Crippen molar-refractivity contribution in [3.05, 3.63) is 95.6 Å². The lowest BCUT2D eigenvalue weighted by atomic mass is 9.72. The second-order valence-electron chi connectivity index (χ2n) is 11.5. The van der Waals surface area contributed by atoms with Gasteiger partial charge in [-0.15, -0.1) is 0 Å². The minimum atomic E-state index is -3.92. The largest absolute Gasteiger partial charge is 0.480 e. The van der Waals surface area contributed by atoms with Gasteiger partial charge in [-0.3, -0.25) is 9.59 Å². The number of nitrogens with zero attached hydrogens (tertiary/aromatic N) is 1. The number of anilines is 1. The van der Waals surface area contributed by atoms with Crippen LogP contribution in [-0.4, -0.2) is 67.3 Å². The molecule has 0 saturated carbocycles. The van der Waals surface area contributed by atoms with E-state index in [2.05, 4.69) is 16.0 Å². The van der Waals surface area contributed by atoms with Gasteiger partial charge in [0.2, 0.25) is 21.8 Å². The van der Waals surface area contributed by atoms with Gasteiger partial charge in [0.15, 0.2) is 0 Å². The topological polar surface area (TPSA) is 145 Å². The molecule has 2 saturated heterocycles. The number of hydrogen-bond acceptors (Lipinski definition) is 6. The summed E-state index contributed by atoms with van der Waals surface area (Å²) in [7, 11) is -3.92. The van der Waals surface area contributed by atoms with Gasteiger partial charge in [0, 0.05) is 18.7 Å². The predicted octanol–water partition coefficient (Wildman–Crippen LogP) is 3.22. The molecule has 3 aromatic carbocycles. The smallest absolute Gasteiger partial charge is 0.326 e. The molecule has 10 nitrogen and oxygen atoms in total. The number of piperidine rings is 1. The van der Waals surface area contributed by atoms with Crippen molar-refractivity contribution in [2.45, 2.75) is 61.4 Å². The number of aliphatic carboxylic acids is 1. The highest BCUT2D eigenvalue weighted by Gasteiger charge is 2.42. The van der Waals surface area contributed by atoms with E-state index >= 15 is 0 Å². The molecule has 0 aliphatic carbocycles. The van der Waals surface area contributed by atoms with Crippen molar-refractivity contribution < 1.29 is 27.9 Å². The molecule has 0 unspecified atom stereocenters. The van der Waals surface area contributed by atoms with E-state index in [4.69, 9.17) is 0 Å². The summed E-state index contributed by atoms with van der Waals surface area (Å²) in [5, 5.41) is 18.8. The summed E-state index contributed by atoms with van der Waals surface area (Å²) in [6.45, 7) is 3.51. The van der Waals surface area contributed by atoms with Crippen LogP contribution in [0.3, 0.4) is 0 Å². The zero-order valence-electron chi connectivity index (χ0n) is 24.7. The van der Waals surface area contributed by atoms with Gasteiger partial charge < -0.3 is 21.1 Å². The number of carboxylic acids is 1. The molecular weight excluding hydrogens is 580 g/mol. The minimum absolute atomic E-state index is 0.00759. The van der Waals surface area contributed by atoms with Crippen LogP contribution in [0.25, 0.3) is 0 Å². The first-order chi connectivity index (χ1) is 21.1. The highest BCUT2D eigenvalue weighted by Crippen LogP contribution is 2.35. The lowest BCUT2D eigenvalue weighted by Gasteiger charge is -2.36. The molecule has 0 bridgehead atoms. The Bertz CT molecular complexity index is 1590. The number of hydrogen-bond donors (Lipinski definition) is 4. The maximum Gasteiger partial charge on any atom is 0.326 e. The SMILES string of the molecule is Cc1ccc(S(=O)(=O)N2CCC[C@H]2C(=O)N[C@@H](Cc2ccc(NC(=O)C3(c4ccccc4)CCNCC3)cc2)C(=O)O)cc1. The molecule has 0 radical (unpaired) electrons. The molecule has 44 heavy (non-hydrogen) atoms. The molecular formula is C33H38N4O6S. The number of amides is 2. The zero-order chi connectivity index (χ0) is 31.3. The Hall–Kier alpha value is -4.06. The van der Waals surface area contributed by atoms with Crippen LogP contribution in [0.2, 0.25) is 0 Å². The molecule has 0 spiro atoms. The van der Waals surface area contributed by atoms with Gasteiger partial charge in [-0.05, 0) is 81.1 Å². The molecule has 0 aromatic heterocycles. The summed E-state index contributed by atoms with van der Waals surface area (Å²) in [6.07, 6.45) is 2.14. The molecule has 232 valence electrons. The zero-order valence-corrected chi connectivity index (χ0v) is 25.5. The first kappa shape index (κ1) is 31.4. The van der Waals surface area contributed by atoms with E-state index in [1.54, 1.807) is 36.4 Å². The molecule has 2 aliphatic heterocycles. The van der Waals surface area contributed by atoms with Crippen LogP contribution in [-0.2, 0) is 36.2 Å². The number of rotatable bonds is 10. The Labute approximate surface area is 257 Å². The van der Waals surface area contributed by atoms with Gasteiger partial charge in [-0.25, -0.2) is 13.2 Å². The van der Waals surface area contributed by atoms with Crippen molar-refractivity contribution in [1.82, 2.24) is 14.9 Å². The van der Waals surface area contributed by atoms with Crippen molar-refractivity contribution in [3.63, 3.8) is 0 Å². The lowest BCUT2D eigenvalue weighted by molar-refractivity contribution is -0.142. The van der Waals surface area contributed by atoms with Crippen LogP contribution < -0.4 is 16.0 Å². The van der Waals surface area contributed by atoms with Crippen molar-refractivity contribution in [1.29, 1.82) is 0 Å². The van der Waals surface area contributed by atoms with Gasteiger partial charge in [0.1, 0.15) is 12.1 Å². The number of benzene rings is 3. The Balaban J connectivity index is 1.24. The van der Waals surface area contributed by atoms with Gasteiger partial charge in [0.05, 0.1) is 10.3 Å². The third kappa shape index (κ3) is 6.69. The first-order valence-corrected chi connectivity index (χ1v) is 16.3. The van der Waals surface area contributed by atoms with E-state index in [1.807, 2.05) is 37.3 Å². The van der Waals surface area contributed by atoms with Gasteiger partial charge >= 0.3 is 5.97 Å². The first-order valence-electron chi connectivity index (χ1n) is 14.9. The summed E-state index contributed by atoms with van der Waals surface area (Å²) in [6, 6.07) is 20.8. The van der Waals surface area contributed by atoms with Crippen molar-refractivity contribution >= 4 is 33.5 Å². The van der Waals surface area contributed by atoms with Crippen LogP contribution in [0.5, 0.6) is 0 Å². The van der Waals surface area contributed by atoms with E-state index in [0.717, 1.165) is 28.5 Å². The molecule has 2 fully saturated rings. The van der Waals surface area contributed by atoms with Crippen molar-refractivity contribution in [2.75, 3.05) is 25.0 Å². The quantitative estimate of drug-likeness (QED) is 0.273. The molecule has 11 heteroatoms. The third-order valence-corrected chi connectivity index (χ3v) is 10.5. The van der Waals surface area contributed by atoms with Crippen LogP contribution >= 0.6 is 0 Å². The lowest BCUT2D eigenvalue weighted by Crippen LogP contribution is -2.51. The van der Waals surface area contributed by atoms with E-state index in [1.165, 1.54) is 12.1 Å². The normalized spacial score (nSPS) is 19.2. The maximum absolute atomic E-state index is 13.6. The number of carboxylic acid groups (broad SMARTS) is 1. The Kier molecular flexibility index (Phi) is 9.48. The molecule has 2 amide bonds. The molecule has 5 rings (SSSR count). The Morgan fingerprint density at radius 1 is 0.977 bits per heavy atom. The molecule has 2 heterocycles. The summed E-state index contributed by atoms with van der Waals surface area (Å²) in [5.41, 5.74) is 2.47. The molecule has 3 aromatic rings. The van der Waals surface area contributed by atoms with Crippen LogP contribution in [0.15, 0.2) is 83.8 Å². The number of carbonyl (C=O) groups is 3. The molecule has 2 atom stereocenters. The molecule has 2 aliphatic rings. The fraction of sp³-hybridized carbons (Fsp3) is 0.364. The average molecular weight is 619 g/mol. The standard InChI is InChI=1S/C33H38N4O6S/c1-23-9-15-27(16-10-23)44(42,43)37-21-5-8-29(37)30(38)36-28(31(39)40)22-24-11-13-26(14-12-24)35-32(41)33(17-19-34-20-18-33)25-6-3-2-4-7-25/h2-4,6-7,9-16,28-29,34H,5,8,17-22H2,1H3,(H,35,41)(H,36,38)(H,39,40)/t28-,29-/m0/s1. The minimum Gasteiger partial charge on any atom is -0.480 e. The maximum atomic E-state index is 13.6. The van der Waals surface area contributed by atoms with E-state index < -0.39 is 39.4 Å². The predicted molar refractivity (Wildman–Crippen MR) is 167 cm³/mol. The average Bonchev–Trinajstić information content (AvgIpc) is 3.54. The van der Waals surface area contributed by atoms with Crippen molar-refractivity contribution in [2.24, 2.45) is 0 Å². The summed E-state index contributed by atoms with van der Waals surface area (Å²) in [5.74, 6) is -1.95. The van der Waals surface area contributed by atoms with Crippen LogP contribution in [0.4, 0.5) is 5.69 Å². The molecule has 4 N–H and O–H groups in total. The Morgan fingerprint density at radius 3 is 2.27 bits per heavy atom. The van der Waals surface area contributed by atoms with Gasteiger partial charge in [-0.1, -0.05) is 60.2 Å². The number of sulfonamides is 1. The van der Waals surface area contributed by atoms with Gasteiger partial charge in [0.25, 0.3) is 0 Å². The van der Waals surface area contributed by atoms with Gasteiger partial charge in [-0.2, -0.15) is 4.31 Å². The summed E-state index contributed by atoms with van der Waals surface area (Å²) < 4.78 is 27.7. The number of nitrogens with one attached hydrogen (secondary N) is 3. The second kappa shape index (κ2) is 13.3. The summed E-state index contributed by atoms with van der Waals surface area (Å²) >= 11 is 0. The number of carbonyl (C=O) groups excluding carboxylic acids is 2. The monoisotopic (exact) mass is 618 g/mol. The second-order valence-corrected chi connectivity index (χ2v) is 13.4. The highest BCUT2D eigenvalue weighted by molar-refractivity contribution is 7.89. The van der Waals surface area contributed by atoms with Crippen LogP contribution in [0, 0.1) is 6.92 Å². The van der Waals surface area contributed by atoms with E-state index in [0.29, 0.717) is 36.9 Å². The van der Waals surface area contributed by atoms with E-state index in [9.17, 15) is 27.9 Å². The van der Waals surface area contributed by atoms with Crippen LogP contribution in [0.1, 0.15) is 42.4 Å². The highest BCUT2D eigenvalue weighted by atomic mass is 32.2. The van der Waals surface area contributed by atoms with E-state index in [-0.39, 0.29) is 23.8 Å². The third-order valence-electron chi connectivity index (χ3n) is 8.62. The number of aryl methyl sites for hydroxylation is 1. The van der Waals surface area contributed by atoms with Crippen molar-refractivity contribution in [3.8, 4) is 0 Å². The fourth-order valence-corrected chi connectivity index (χ4v) is 7.73. The summed E-state index contributed by atoms with van der Waals surface area (Å²) in [4.78, 5) is 39.0. The Morgan fingerprint density at radius 2 is 1.64 bits per heavy atom.